The van der Waals surface area contributed by atoms with Crippen LogP contribution in [-0.4, -0.2) is 42.6 Å². The van der Waals surface area contributed by atoms with Crippen LogP contribution in [0.3, 0.4) is 0 Å². The van der Waals surface area contributed by atoms with Crippen LogP contribution < -0.4 is 0 Å². The van der Waals surface area contributed by atoms with Gasteiger partial charge in [-0.05, 0) is 24.3 Å². The van der Waals surface area contributed by atoms with Crippen molar-refractivity contribution < 1.29 is 4.79 Å². The highest BCUT2D eigenvalue weighted by Crippen LogP contribution is 2.14. The first-order valence-corrected chi connectivity index (χ1v) is 8.77. The Morgan fingerprint density at radius 1 is 1.00 bits per heavy atom. The lowest BCUT2D eigenvalue weighted by molar-refractivity contribution is 0.0784. The van der Waals surface area contributed by atoms with Gasteiger partial charge in [-0.25, -0.2) is 14.6 Å². The van der Waals surface area contributed by atoms with Crippen LogP contribution in [0.1, 0.15) is 15.9 Å². The fraction of sp³-hybridized carbons (Fsp3) is 0.0952. The molecule has 0 saturated carbocycles. The van der Waals surface area contributed by atoms with Gasteiger partial charge >= 0.3 is 0 Å². The predicted molar refractivity (Wildman–Crippen MR) is 105 cm³/mol. The first kappa shape index (κ1) is 17.5. The summed E-state index contributed by atoms with van der Waals surface area (Å²) in [4.78, 5) is 26.9. The van der Waals surface area contributed by atoms with E-state index in [2.05, 4.69) is 20.1 Å². The minimum Gasteiger partial charge on any atom is -0.337 e. The number of amides is 1. The average molecular weight is 370 g/mol. The van der Waals surface area contributed by atoms with Gasteiger partial charge in [0.2, 0.25) is 0 Å². The molecule has 0 aliphatic carbocycles. The normalized spacial score (nSPS) is 10.6. The Balaban J connectivity index is 1.44. The highest BCUT2D eigenvalue weighted by molar-refractivity contribution is 5.93. The summed E-state index contributed by atoms with van der Waals surface area (Å²) in [5.74, 6) is 0.390. The monoisotopic (exact) mass is 370 g/mol. The van der Waals surface area contributed by atoms with Crippen LogP contribution in [0.25, 0.3) is 17.1 Å². The number of hydrogen-bond donors (Lipinski definition) is 0. The van der Waals surface area contributed by atoms with E-state index in [1.807, 2.05) is 48.7 Å². The van der Waals surface area contributed by atoms with Crippen molar-refractivity contribution in [1.29, 1.82) is 0 Å². The number of pyridine rings is 1. The second-order valence-electron chi connectivity index (χ2n) is 6.33. The number of carbonyl (C=O) groups is 1. The molecule has 3 aromatic heterocycles. The molecule has 0 spiro atoms. The topological polar surface area (TPSA) is 76.8 Å². The van der Waals surface area contributed by atoms with Gasteiger partial charge in [0.05, 0.1) is 17.4 Å². The van der Waals surface area contributed by atoms with Gasteiger partial charge in [-0.15, -0.1) is 0 Å². The largest absolute Gasteiger partial charge is 0.337 e. The fourth-order valence-electron chi connectivity index (χ4n) is 2.81. The van der Waals surface area contributed by atoms with Crippen molar-refractivity contribution in [3.8, 4) is 17.1 Å². The Kier molecular flexibility index (Phi) is 4.88. The number of hydrogen-bond acceptors (Lipinski definition) is 5. The van der Waals surface area contributed by atoms with Crippen molar-refractivity contribution in [2.45, 2.75) is 6.54 Å². The van der Waals surface area contributed by atoms with E-state index in [1.54, 1.807) is 47.6 Å². The van der Waals surface area contributed by atoms with Crippen molar-refractivity contribution >= 4 is 5.91 Å². The summed E-state index contributed by atoms with van der Waals surface area (Å²) in [5, 5.41) is 4.36. The summed E-state index contributed by atoms with van der Waals surface area (Å²) in [6.07, 6.45) is 10.1. The van der Waals surface area contributed by atoms with Gasteiger partial charge in [0.1, 0.15) is 0 Å². The van der Waals surface area contributed by atoms with Gasteiger partial charge in [-0.1, -0.05) is 18.2 Å². The lowest BCUT2D eigenvalue weighted by Crippen LogP contribution is -2.26. The van der Waals surface area contributed by atoms with Crippen LogP contribution in [0.5, 0.6) is 0 Å². The minimum atomic E-state index is -0.148. The maximum atomic E-state index is 12.7. The van der Waals surface area contributed by atoms with Gasteiger partial charge in [0.25, 0.3) is 5.91 Å². The van der Waals surface area contributed by atoms with E-state index in [-0.39, 0.29) is 5.91 Å². The molecule has 3 heterocycles. The first-order chi connectivity index (χ1) is 13.7. The van der Waals surface area contributed by atoms with Crippen LogP contribution in [0, 0.1) is 0 Å². The maximum Gasteiger partial charge on any atom is 0.257 e. The molecule has 4 aromatic rings. The van der Waals surface area contributed by atoms with Crippen LogP contribution >= 0.6 is 0 Å². The number of benzene rings is 1. The molecule has 0 atom stereocenters. The molecular weight excluding hydrogens is 352 g/mol. The molecule has 0 aliphatic rings. The third kappa shape index (κ3) is 3.78. The summed E-state index contributed by atoms with van der Waals surface area (Å²) in [5.41, 5.74) is 3.16. The van der Waals surface area contributed by atoms with Crippen molar-refractivity contribution in [2.24, 2.45) is 0 Å². The zero-order valence-electron chi connectivity index (χ0n) is 15.3. The first-order valence-electron chi connectivity index (χ1n) is 8.77. The minimum absolute atomic E-state index is 0.148. The molecule has 7 nitrogen and oxygen atoms in total. The SMILES string of the molecule is CN(Cc1cnn(-c2ccccc2)c1)C(=O)c1cnc(-c2cccnc2)nc1. The zero-order chi connectivity index (χ0) is 19.3. The standard InChI is InChI=1S/C21H18N6O/c1-26(14-16-10-25-27(15-16)19-7-3-2-4-8-19)21(28)18-12-23-20(24-13-18)17-6-5-9-22-11-17/h2-13,15H,14H2,1H3. The smallest absolute Gasteiger partial charge is 0.257 e. The highest BCUT2D eigenvalue weighted by Gasteiger charge is 2.14. The van der Waals surface area contributed by atoms with Gasteiger partial charge in [0.15, 0.2) is 5.82 Å². The molecule has 28 heavy (non-hydrogen) atoms. The number of nitrogens with zero attached hydrogens (tertiary/aromatic N) is 6. The Bertz CT molecular complexity index is 1060. The number of para-hydroxylation sites is 1. The van der Waals surface area contributed by atoms with Crippen LogP contribution in [0.4, 0.5) is 0 Å². The quantitative estimate of drug-likeness (QED) is 0.540. The molecule has 0 bridgehead atoms. The molecule has 138 valence electrons. The lowest BCUT2D eigenvalue weighted by atomic mass is 10.2. The lowest BCUT2D eigenvalue weighted by Gasteiger charge is -2.16. The number of carbonyl (C=O) groups excluding carboxylic acids is 1. The Labute approximate surface area is 162 Å². The predicted octanol–water partition coefficient (Wildman–Crippen LogP) is 3.00. The summed E-state index contributed by atoms with van der Waals surface area (Å²) in [6, 6.07) is 13.5. The van der Waals surface area contributed by atoms with Crippen molar-refractivity contribution in [3.05, 3.63) is 90.8 Å². The fourth-order valence-corrected chi connectivity index (χ4v) is 2.81. The van der Waals surface area contributed by atoms with E-state index in [9.17, 15) is 4.79 Å². The van der Waals surface area contributed by atoms with Gasteiger partial charge in [-0.3, -0.25) is 9.78 Å². The Morgan fingerprint density at radius 3 is 2.50 bits per heavy atom. The number of aromatic nitrogens is 5. The third-order valence-electron chi connectivity index (χ3n) is 4.24. The van der Waals surface area contributed by atoms with Crippen molar-refractivity contribution in [2.75, 3.05) is 7.05 Å². The summed E-state index contributed by atoms with van der Waals surface area (Å²) in [7, 11) is 1.75. The third-order valence-corrected chi connectivity index (χ3v) is 4.24. The van der Waals surface area contributed by atoms with Gasteiger partial charge in [0, 0.05) is 55.7 Å². The summed E-state index contributed by atoms with van der Waals surface area (Å²) in [6.45, 7) is 0.440. The molecule has 0 N–H and O–H groups in total. The van der Waals surface area contributed by atoms with Crippen LogP contribution in [0.15, 0.2) is 79.6 Å². The van der Waals surface area contributed by atoms with Crippen molar-refractivity contribution in [3.63, 3.8) is 0 Å². The molecule has 0 unspecified atom stereocenters. The molecule has 0 fully saturated rings. The molecule has 0 aliphatic heterocycles. The van der Waals surface area contributed by atoms with Gasteiger partial charge < -0.3 is 4.90 Å². The van der Waals surface area contributed by atoms with Crippen molar-refractivity contribution in [1.82, 2.24) is 29.6 Å². The van der Waals surface area contributed by atoms with E-state index in [0.717, 1.165) is 16.8 Å². The molecule has 0 saturated heterocycles. The summed E-state index contributed by atoms with van der Waals surface area (Å²) >= 11 is 0. The molecule has 1 amide bonds. The van der Waals surface area contributed by atoms with Crippen LogP contribution in [0.2, 0.25) is 0 Å². The molecule has 1 aromatic carbocycles. The highest BCUT2D eigenvalue weighted by atomic mass is 16.2. The molecular formula is C21H18N6O. The second kappa shape index (κ2) is 7.79. The Morgan fingerprint density at radius 2 is 1.79 bits per heavy atom. The zero-order valence-corrected chi connectivity index (χ0v) is 15.3. The summed E-state index contributed by atoms with van der Waals surface area (Å²) < 4.78 is 1.79. The van der Waals surface area contributed by atoms with E-state index >= 15 is 0 Å². The molecule has 0 radical (unpaired) electrons. The van der Waals surface area contributed by atoms with Gasteiger partial charge in [-0.2, -0.15) is 5.10 Å². The van der Waals surface area contributed by atoms with E-state index in [1.165, 1.54) is 0 Å². The van der Waals surface area contributed by atoms with Crippen LogP contribution in [-0.2, 0) is 6.54 Å². The Hall–Kier alpha value is -3.87. The molecule has 4 rings (SSSR count). The van der Waals surface area contributed by atoms with E-state index in [4.69, 9.17) is 0 Å². The number of rotatable bonds is 5. The van der Waals surface area contributed by atoms with E-state index in [0.29, 0.717) is 17.9 Å². The second-order valence-corrected chi connectivity index (χ2v) is 6.33. The maximum absolute atomic E-state index is 12.7. The average Bonchev–Trinajstić information content (AvgIpc) is 3.23. The van der Waals surface area contributed by atoms with E-state index < -0.39 is 0 Å². The molecule has 7 heteroatoms.